The maximum absolute atomic E-state index is 5.70. The Bertz CT molecular complexity index is 556. The SMILES string of the molecule is CCNc1nc(C)cc(OCc2ccc(OC)cc2)n1. The minimum atomic E-state index is 0.464. The van der Waals surface area contributed by atoms with Gasteiger partial charge in [-0.2, -0.15) is 4.98 Å². The fourth-order valence-electron chi connectivity index (χ4n) is 1.73. The van der Waals surface area contributed by atoms with Crippen molar-refractivity contribution in [3.63, 3.8) is 0 Å². The summed E-state index contributed by atoms with van der Waals surface area (Å²) in [6.45, 7) is 5.17. The summed E-state index contributed by atoms with van der Waals surface area (Å²) in [5.41, 5.74) is 1.94. The van der Waals surface area contributed by atoms with Gasteiger partial charge in [0, 0.05) is 18.3 Å². The van der Waals surface area contributed by atoms with E-state index in [1.165, 1.54) is 0 Å². The highest BCUT2D eigenvalue weighted by molar-refractivity contribution is 5.31. The van der Waals surface area contributed by atoms with E-state index in [0.29, 0.717) is 18.4 Å². The number of hydrogen-bond donors (Lipinski definition) is 1. The number of ether oxygens (including phenoxy) is 2. The van der Waals surface area contributed by atoms with E-state index >= 15 is 0 Å². The highest BCUT2D eigenvalue weighted by Gasteiger charge is 2.03. The lowest BCUT2D eigenvalue weighted by molar-refractivity contribution is 0.293. The van der Waals surface area contributed by atoms with Crippen LogP contribution in [0.25, 0.3) is 0 Å². The zero-order valence-electron chi connectivity index (χ0n) is 12.0. The van der Waals surface area contributed by atoms with Crippen molar-refractivity contribution in [1.82, 2.24) is 9.97 Å². The van der Waals surface area contributed by atoms with Crippen molar-refractivity contribution in [3.05, 3.63) is 41.6 Å². The molecule has 0 spiro atoms. The zero-order chi connectivity index (χ0) is 14.4. The van der Waals surface area contributed by atoms with E-state index in [1.54, 1.807) is 7.11 Å². The van der Waals surface area contributed by atoms with E-state index in [-0.39, 0.29) is 0 Å². The van der Waals surface area contributed by atoms with Crippen LogP contribution in [0.15, 0.2) is 30.3 Å². The van der Waals surface area contributed by atoms with Crippen LogP contribution in [0.1, 0.15) is 18.2 Å². The Morgan fingerprint density at radius 3 is 2.55 bits per heavy atom. The van der Waals surface area contributed by atoms with Crippen LogP contribution in [0.2, 0.25) is 0 Å². The van der Waals surface area contributed by atoms with Gasteiger partial charge in [-0.15, -0.1) is 0 Å². The summed E-state index contributed by atoms with van der Waals surface area (Å²) >= 11 is 0. The van der Waals surface area contributed by atoms with E-state index in [4.69, 9.17) is 9.47 Å². The molecule has 2 aromatic rings. The van der Waals surface area contributed by atoms with Gasteiger partial charge < -0.3 is 14.8 Å². The topological polar surface area (TPSA) is 56.3 Å². The summed E-state index contributed by atoms with van der Waals surface area (Å²) in [6, 6.07) is 9.59. The molecule has 1 aromatic carbocycles. The molecule has 1 N–H and O–H groups in total. The van der Waals surface area contributed by atoms with Gasteiger partial charge in [0.15, 0.2) is 0 Å². The number of methoxy groups -OCH3 is 1. The predicted octanol–water partition coefficient (Wildman–Crippen LogP) is 2.80. The van der Waals surface area contributed by atoms with Crippen LogP contribution in [0.4, 0.5) is 5.95 Å². The smallest absolute Gasteiger partial charge is 0.226 e. The monoisotopic (exact) mass is 273 g/mol. The zero-order valence-corrected chi connectivity index (χ0v) is 12.0. The number of hydrogen-bond acceptors (Lipinski definition) is 5. The quantitative estimate of drug-likeness (QED) is 0.877. The second-order valence-corrected chi connectivity index (χ2v) is 4.34. The van der Waals surface area contributed by atoms with Crippen LogP contribution in [0.3, 0.4) is 0 Å². The van der Waals surface area contributed by atoms with Gasteiger partial charge in [0.1, 0.15) is 12.4 Å². The number of benzene rings is 1. The molecule has 1 heterocycles. The lowest BCUT2D eigenvalue weighted by atomic mass is 10.2. The Labute approximate surface area is 119 Å². The van der Waals surface area contributed by atoms with Gasteiger partial charge in [0.05, 0.1) is 7.11 Å². The molecule has 0 aliphatic carbocycles. The fourth-order valence-corrected chi connectivity index (χ4v) is 1.73. The Morgan fingerprint density at radius 2 is 1.90 bits per heavy atom. The van der Waals surface area contributed by atoms with Gasteiger partial charge in [0.25, 0.3) is 0 Å². The summed E-state index contributed by atoms with van der Waals surface area (Å²) in [7, 11) is 1.65. The van der Waals surface area contributed by atoms with E-state index in [2.05, 4.69) is 15.3 Å². The second-order valence-electron chi connectivity index (χ2n) is 4.34. The molecule has 1 aromatic heterocycles. The molecule has 2 rings (SSSR count). The van der Waals surface area contributed by atoms with Crippen LogP contribution >= 0.6 is 0 Å². The maximum atomic E-state index is 5.70. The van der Waals surface area contributed by atoms with Gasteiger partial charge >= 0.3 is 0 Å². The van der Waals surface area contributed by atoms with Crippen molar-refractivity contribution in [2.45, 2.75) is 20.5 Å². The molecule has 5 nitrogen and oxygen atoms in total. The van der Waals surface area contributed by atoms with E-state index in [0.717, 1.165) is 23.6 Å². The molecule has 0 aliphatic heterocycles. The number of nitrogens with zero attached hydrogens (tertiary/aromatic N) is 2. The number of aryl methyl sites for hydroxylation is 1. The van der Waals surface area contributed by atoms with Gasteiger partial charge in [-0.1, -0.05) is 12.1 Å². The maximum Gasteiger partial charge on any atom is 0.226 e. The van der Waals surface area contributed by atoms with Gasteiger partial charge in [0.2, 0.25) is 11.8 Å². The van der Waals surface area contributed by atoms with Crippen molar-refractivity contribution in [3.8, 4) is 11.6 Å². The number of aromatic nitrogens is 2. The lowest BCUT2D eigenvalue weighted by Crippen LogP contribution is -2.05. The molecular formula is C15H19N3O2. The summed E-state index contributed by atoms with van der Waals surface area (Å²) < 4.78 is 10.8. The minimum Gasteiger partial charge on any atom is -0.497 e. The van der Waals surface area contributed by atoms with Crippen molar-refractivity contribution in [1.29, 1.82) is 0 Å². The van der Waals surface area contributed by atoms with Crippen LogP contribution in [-0.2, 0) is 6.61 Å². The summed E-state index contributed by atoms with van der Waals surface area (Å²) in [5, 5.41) is 3.08. The second kappa shape index (κ2) is 6.75. The van der Waals surface area contributed by atoms with Gasteiger partial charge in [-0.3, -0.25) is 0 Å². The van der Waals surface area contributed by atoms with Gasteiger partial charge in [-0.05, 0) is 31.5 Å². The van der Waals surface area contributed by atoms with Crippen LogP contribution in [0.5, 0.6) is 11.6 Å². The van der Waals surface area contributed by atoms with Crippen LogP contribution in [-0.4, -0.2) is 23.6 Å². The molecule has 20 heavy (non-hydrogen) atoms. The van der Waals surface area contributed by atoms with Crippen molar-refractivity contribution >= 4 is 5.95 Å². The largest absolute Gasteiger partial charge is 0.497 e. The Hall–Kier alpha value is -2.30. The van der Waals surface area contributed by atoms with E-state index in [9.17, 15) is 0 Å². The average molecular weight is 273 g/mol. The highest BCUT2D eigenvalue weighted by atomic mass is 16.5. The minimum absolute atomic E-state index is 0.464. The molecule has 0 bridgehead atoms. The first-order chi connectivity index (χ1) is 9.71. The molecule has 0 atom stereocenters. The van der Waals surface area contributed by atoms with E-state index < -0.39 is 0 Å². The molecule has 5 heteroatoms. The third kappa shape index (κ3) is 3.85. The summed E-state index contributed by atoms with van der Waals surface area (Å²) in [5.74, 6) is 2.00. The first kappa shape index (κ1) is 14.1. The summed E-state index contributed by atoms with van der Waals surface area (Å²) in [4.78, 5) is 8.59. The molecule has 0 fully saturated rings. The fraction of sp³-hybridized carbons (Fsp3) is 0.333. The predicted molar refractivity (Wildman–Crippen MR) is 78.3 cm³/mol. The van der Waals surface area contributed by atoms with E-state index in [1.807, 2.05) is 44.2 Å². The van der Waals surface area contributed by atoms with Crippen LogP contribution < -0.4 is 14.8 Å². The summed E-state index contributed by atoms with van der Waals surface area (Å²) in [6.07, 6.45) is 0. The third-order valence-electron chi connectivity index (χ3n) is 2.71. The highest BCUT2D eigenvalue weighted by Crippen LogP contribution is 2.16. The van der Waals surface area contributed by atoms with Crippen molar-refractivity contribution in [2.24, 2.45) is 0 Å². The first-order valence-corrected chi connectivity index (χ1v) is 6.56. The molecule has 0 amide bonds. The molecule has 0 unspecified atom stereocenters. The molecule has 0 aliphatic rings. The molecule has 0 saturated carbocycles. The Morgan fingerprint density at radius 1 is 1.15 bits per heavy atom. The van der Waals surface area contributed by atoms with Crippen LogP contribution in [0, 0.1) is 6.92 Å². The lowest BCUT2D eigenvalue weighted by Gasteiger charge is -2.09. The number of nitrogens with one attached hydrogen (secondary N) is 1. The number of rotatable bonds is 6. The van der Waals surface area contributed by atoms with Crippen molar-refractivity contribution < 1.29 is 9.47 Å². The van der Waals surface area contributed by atoms with Crippen molar-refractivity contribution in [2.75, 3.05) is 19.0 Å². The Kier molecular flexibility index (Phi) is 4.76. The Balaban J connectivity index is 2.02. The molecule has 0 saturated heterocycles. The number of anilines is 1. The molecule has 0 radical (unpaired) electrons. The normalized spacial score (nSPS) is 10.2. The van der Waals surface area contributed by atoms with Gasteiger partial charge in [-0.25, -0.2) is 4.98 Å². The third-order valence-corrected chi connectivity index (χ3v) is 2.71. The molecule has 106 valence electrons. The standard InChI is InChI=1S/C15H19N3O2/c1-4-16-15-17-11(2)9-14(18-15)20-10-12-5-7-13(19-3)8-6-12/h5-9H,4,10H2,1-3H3,(H,16,17,18). The molecular weight excluding hydrogens is 254 g/mol. The average Bonchev–Trinajstić information content (AvgIpc) is 2.45. The first-order valence-electron chi connectivity index (χ1n) is 6.56.